The quantitative estimate of drug-likeness (QED) is 0.274. The Kier molecular flexibility index (Phi) is 8.64. The molecule has 1 atom stereocenters. The number of benzene rings is 3. The molecule has 0 saturated carbocycles. The van der Waals surface area contributed by atoms with Crippen molar-refractivity contribution in [3.8, 4) is 23.0 Å². The summed E-state index contributed by atoms with van der Waals surface area (Å²) in [6.07, 6.45) is -4.61. The van der Waals surface area contributed by atoms with Crippen LogP contribution < -0.4 is 14.2 Å². The van der Waals surface area contributed by atoms with Crippen LogP contribution in [0.5, 0.6) is 23.0 Å². The van der Waals surface area contributed by atoms with Crippen molar-refractivity contribution >= 4 is 0 Å². The van der Waals surface area contributed by atoms with Crippen molar-refractivity contribution in [2.24, 2.45) is 5.92 Å². The van der Waals surface area contributed by atoms with Crippen LogP contribution in [0.2, 0.25) is 0 Å². The highest BCUT2D eigenvalue weighted by molar-refractivity contribution is 5.35. The summed E-state index contributed by atoms with van der Waals surface area (Å²) in [7, 11) is 0. The van der Waals surface area contributed by atoms with Crippen LogP contribution in [-0.4, -0.2) is 26.0 Å². The third-order valence-electron chi connectivity index (χ3n) is 4.52. The van der Waals surface area contributed by atoms with E-state index >= 15 is 0 Å². The molecule has 0 saturated heterocycles. The predicted molar refractivity (Wildman–Crippen MR) is 111 cm³/mol. The van der Waals surface area contributed by atoms with Crippen molar-refractivity contribution in [2.45, 2.75) is 19.4 Å². The molecule has 3 rings (SSSR count). The first-order valence-corrected chi connectivity index (χ1v) is 10.0. The minimum absolute atomic E-state index is 0.0529. The second-order valence-corrected chi connectivity index (χ2v) is 7.09. The third-order valence-corrected chi connectivity index (χ3v) is 4.52. The normalized spacial score (nSPS) is 12.4. The van der Waals surface area contributed by atoms with Gasteiger partial charge in [0.15, 0.2) is 11.6 Å². The van der Waals surface area contributed by atoms with Crippen LogP contribution in [0.25, 0.3) is 0 Å². The summed E-state index contributed by atoms with van der Waals surface area (Å²) < 4.78 is 98.5. The zero-order valence-electron chi connectivity index (χ0n) is 17.6. The van der Waals surface area contributed by atoms with Gasteiger partial charge in [0.1, 0.15) is 29.8 Å². The van der Waals surface area contributed by atoms with Crippen molar-refractivity contribution in [1.29, 1.82) is 0 Å². The molecule has 182 valence electrons. The summed E-state index contributed by atoms with van der Waals surface area (Å²) in [5.41, 5.74) is 0.420. The highest BCUT2D eigenvalue weighted by atomic mass is 19.4. The number of ether oxygens (including phenoxy) is 4. The molecule has 4 nitrogen and oxygen atoms in total. The molecule has 0 spiro atoms. The topological polar surface area (TPSA) is 36.9 Å². The molecular weight excluding hydrogens is 466 g/mol. The highest BCUT2D eigenvalue weighted by Crippen LogP contribution is 2.29. The second-order valence-electron chi connectivity index (χ2n) is 7.09. The fourth-order valence-electron chi connectivity index (χ4n) is 2.80. The molecule has 0 bridgehead atoms. The van der Waals surface area contributed by atoms with E-state index in [1.54, 1.807) is 30.3 Å². The molecule has 0 fully saturated rings. The SMILES string of the molecule is Fc1ccc(COCC(COc2ccc(OC(F)F)cc2)C(F)(F)F)cc1Oc1ccccc1. The highest BCUT2D eigenvalue weighted by Gasteiger charge is 2.40. The molecular formula is C24H20F6O4. The van der Waals surface area contributed by atoms with Gasteiger partial charge in [-0.1, -0.05) is 24.3 Å². The Bertz CT molecular complexity index is 1030. The predicted octanol–water partition coefficient (Wildman–Crippen LogP) is 6.99. The molecule has 0 aromatic heterocycles. The molecule has 3 aromatic rings. The van der Waals surface area contributed by atoms with Gasteiger partial charge in [-0.15, -0.1) is 0 Å². The lowest BCUT2D eigenvalue weighted by Crippen LogP contribution is -2.32. The number of alkyl halides is 5. The summed E-state index contributed by atoms with van der Waals surface area (Å²) >= 11 is 0. The minimum Gasteiger partial charge on any atom is -0.493 e. The zero-order valence-corrected chi connectivity index (χ0v) is 17.6. The average molecular weight is 486 g/mol. The number of para-hydroxylation sites is 1. The lowest BCUT2D eigenvalue weighted by atomic mass is 10.1. The van der Waals surface area contributed by atoms with E-state index in [0.717, 1.165) is 18.2 Å². The summed E-state index contributed by atoms with van der Waals surface area (Å²) in [4.78, 5) is 0. The van der Waals surface area contributed by atoms with Gasteiger partial charge in [0.25, 0.3) is 0 Å². The van der Waals surface area contributed by atoms with Gasteiger partial charge in [0, 0.05) is 0 Å². The maximum Gasteiger partial charge on any atom is 0.397 e. The molecule has 34 heavy (non-hydrogen) atoms. The van der Waals surface area contributed by atoms with Gasteiger partial charge in [-0.05, 0) is 54.1 Å². The van der Waals surface area contributed by atoms with Crippen LogP contribution in [0, 0.1) is 11.7 Å². The number of hydrogen-bond acceptors (Lipinski definition) is 4. The van der Waals surface area contributed by atoms with Gasteiger partial charge in [-0.3, -0.25) is 0 Å². The number of rotatable bonds is 11. The van der Waals surface area contributed by atoms with Gasteiger partial charge >= 0.3 is 12.8 Å². The fraction of sp³-hybridized carbons (Fsp3) is 0.250. The fourth-order valence-corrected chi connectivity index (χ4v) is 2.80. The Hall–Kier alpha value is -3.40. The van der Waals surface area contributed by atoms with Gasteiger partial charge in [0.05, 0.1) is 13.2 Å². The summed E-state index contributed by atoms with van der Waals surface area (Å²) in [5, 5.41) is 0. The largest absolute Gasteiger partial charge is 0.493 e. The van der Waals surface area contributed by atoms with Crippen LogP contribution in [0.4, 0.5) is 26.3 Å². The van der Waals surface area contributed by atoms with E-state index in [-0.39, 0.29) is 23.9 Å². The molecule has 3 aromatic carbocycles. The van der Waals surface area contributed by atoms with Crippen LogP contribution in [0.1, 0.15) is 5.56 Å². The molecule has 0 N–H and O–H groups in total. The van der Waals surface area contributed by atoms with Crippen molar-refractivity contribution in [1.82, 2.24) is 0 Å². The van der Waals surface area contributed by atoms with Crippen molar-refractivity contribution in [3.05, 3.63) is 84.2 Å². The van der Waals surface area contributed by atoms with Crippen LogP contribution >= 0.6 is 0 Å². The van der Waals surface area contributed by atoms with Crippen molar-refractivity contribution in [2.75, 3.05) is 13.2 Å². The van der Waals surface area contributed by atoms with Crippen molar-refractivity contribution < 1.29 is 45.3 Å². The van der Waals surface area contributed by atoms with Gasteiger partial charge in [-0.25, -0.2) is 4.39 Å². The Balaban J connectivity index is 1.55. The van der Waals surface area contributed by atoms with E-state index in [0.29, 0.717) is 11.3 Å². The van der Waals surface area contributed by atoms with Crippen molar-refractivity contribution in [3.63, 3.8) is 0 Å². The van der Waals surface area contributed by atoms with E-state index in [4.69, 9.17) is 14.2 Å². The standard InChI is InChI=1S/C24H20F6O4/c25-21-11-6-16(12-22(21)33-19-4-2-1-3-5-19)13-31-14-17(24(28,29)30)15-32-18-7-9-20(10-8-18)34-23(26)27/h1-12,17,23H,13-15H2. The van der Waals surface area contributed by atoms with E-state index in [9.17, 15) is 26.3 Å². The lowest BCUT2D eigenvalue weighted by Gasteiger charge is -2.21. The Morgan fingerprint density at radius 1 is 0.765 bits per heavy atom. The molecule has 10 heteroatoms. The van der Waals surface area contributed by atoms with E-state index in [2.05, 4.69) is 4.74 Å². The number of halogens is 6. The maximum absolute atomic E-state index is 14.0. The molecule has 0 amide bonds. The molecule has 0 heterocycles. The van der Waals surface area contributed by atoms with Crippen LogP contribution in [0.15, 0.2) is 72.8 Å². The van der Waals surface area contributed by atoms with Gasteiger partial charge < -0.3 is 18.9 Å². The smallest absolute Gasteiger partial charge is 0.397 e. The summed E-state index contributed by atoms with van der Waals surface area (Å²) in [6, 6.07) is 17.1. The number of hydrogen-bond donors (Lipinski definition) is 0. The molecule has 0 radical (unpaired) electrons. The first kappa shape index (κ1) is 25.2. The first-order valence-electron chi connectivity index (χ1n) is 10.0. The molecule has 0 aliphatic heterocycles. The monoisotopic (exact) mass is 486 g/mol. The summed E-state index contributed by atoms with van der Waals surface area (Å²) in [5.74, 6) is -2.35. The Morgan fingerprint density at radius 3 is 2.09 bits per heavy atom. The zero-order chi connectivity index (χ0) is 24.6. The van der Waals surface area contributed by atoms with E-state index in [1.165, 1.54) is 24.3 Å². The second kappa shape index (κ2) is 11.6. The van der Waals surface area contributed by atoms with Crippen LogP contribution in [-0.2, 0) is 11.3 Å². The first-order chi connectivity index (χ1) is 16.2. The van der Waals surface area contributed by atoms with Crippen LogP contribution in [0.3, 0.4) is 0 Å². The maximum atomic E-state index is 14.0. The third kappa shape index (κ3) is 7.87. The molecule has 0 aliphatic carbocycles. The average Bonchev–Trinajstić information content (AvgIpc) is 2.78. The van der Waals surface area contributed by atoms with Gasteiger partial charge in [-0.2, -0.15) is 22.0 Å². The molecule has 0 aliphatic rings. The van der Waals surface area contributed by atoms with E-state index in [1.807, 2.05) is 0 Å². The lowest BCUT2D eigenvalue weighted by molar-refractivity contribution is -0.196. The Morgan fingerprint density at radius 2 is 1.44 bits per heavy atom. The minimum atomic E-state index is -4.61. The Labute approximate surface area is 191 Å². The summed E-state index contributed by atoms with van der Waals surface area (Å²) in [6.45, 7) is -4.68. The van der Waals surface area contributed by atoms with Gasteiger partial charge in [0.2, 0.25) is 0 Å². The van der Waals surface area contributed by atoms with E-state index < -0.39 is 37.7 Å². The molecule has 1 unspecified atom stereocenters.